The van der Waals surface area contributed by atoms with Crippen LogP contribution in [0.4, 0.5) is 0 Å². The molecule has 0 bridgehead atoms. The van der Waals surface area contributed by atoms with E-state index >= 15 is 0 Å². The van der Waals surface area contributed by atoms with Gasteiger partial charge in [-0.15, -0.1) is 0 Å². The van der Waals surface area contributed by atoms with Crippen LogP contribution in [0.3, 0.4) is 0 Å². The highest BCUT2D eigenvalue weighted by atomic mass is 16.5. The van der Waals surface area contributed by atoms with Crippen molar-refractivity contribution in [3.63, 3.8) is 0 Å². The van der Waals surface area contributed by atoms with Crippen molar-refractivity contribution < 1.29 is 9.84 Å². The highest BCUT2D eigenvalue weighted by Gasteiger charge is 2.36. The second-order valence-electron chi connectivity index (χ2n) is 7.79. The Kier molecular flexibility index (Phi) is 7.23. The van der Waals surface area contributed by atoms with Crippen LogP contribution >= 0.6 is 0 Å². The Hall–Kier alpha value is -2.10. The topological polar surface area (TPSA) is 32.7 Å². The number of rotatable bonds is 8. The van der Waals surface area contributed by atoms with Crippen molar-refractivity contribution in [1.29, 1.82) is 0 Å². The molecule has 0 heterocycles. The number of benzene rings is 2. The van der Waals surface area contributed by atoms with E-state index in [0.29, 0.717) is 6.42 Å². The fourth-order valence-corrected chi connectivity index (χ4v) is 3.57. The minimum Gasteiger partial charge on any atom is -0.497 e. The zero-order chi connectivity index (χ0) is 20.0. The smallest absolute Gasteiger partial charge is 0.118 e. The number of ether oxygens (including phenoxy) is 1. The molecule has 0 radical (unpaired) electrons. The van der Waals surface area contributed by atoms with Crippen LogP contribution in [-0.2, 0) is 6.42 Å². The Morgan fingerprint density at radius 1 is 1.15 bits per heavy atom. The molecule has 0 spiro atoms. The Morgan fingerprint density at radius 2 is 1.78 bits per heavy atom. The summed E-state index contributed by atoms with van der Waals surface area (Å²) in [4.78, 5) is 2.13. The third-order valence-electron chi connectivity index (χ3n) is 5.36. The average Bonchev–Trinajstić information content (AvgIpc) is 2.63. The van der Waals surface area contributed by atoms with E-state index < -0.39 is 5.60 Å². The van der Waals surface area contributed by atoms with E-state index in [1.165, 1.54) is 11.1 Å². The van der Waals surface area contributed by atoms with Crippen molar-refractivity contribution in [2.75, 3.05) is 27.7 Å². The molecule has 146 valence electrons. The second kappa shape index (κ2) is 9.20. The fourth-order valence-electron chi connectivity index (χ4n) is 3.57. The Bertz CT molecular complexity index is 764. The third kappa shape index (κ3) is 5.44. The van der Waals surface area contributed by atoms with E-state index in [2.05, 4.69) is 37.0 Å². The van der Waals surface area contributed by atoms with Gasteiger partial charge in [0.25, 0.3) is 0 Å². The molecule has 0 amide bonds. The molecule has 27 heavy (non-hydrogen) atoms. The second-order valence-corrected chi connectivity index (χ2v) is 7.79. The lowest BCUT2D eigenvalue weighted by Gasteiger charge is -2.37. The summed E-state index contributed by atoms with van der Waals surface area (Å²) >= 11 is 0. The van der Waals surface area contributed by atoms with Crippen molar-refractivity contribution in [3.05, 3.63) is 70.8 Å². The molecule has 0 saturated heterocycles. The zero-order valence-corrected chi connectivity index (χ0v) is 17.5. The molecule has 1 N–H and O–H groups in total. The third-order valence-corrected chi connectivity index (χ3v) is 5.36. The first-order chi connectivity index (χ1) is 12.8. The van der Waals surface area contributed by atoms with Crippen LogP contribution in [0.25, 0.3) is 6.08 Å². The molecule has 2 aromatic rings. The molecule has 3 heteroatoms. The van der Waals surface area contributed by atoms with E-state index in [-0.39, 0.29) is 5.92 Å². The van der Waals surface area contributed by atoms with Crippen LogP contribution in [0.15, 0.2) is 54.1 Å². The maximum absolute atomic E-state index is 11.8. The van der Waals surface area contributed by atoms with Gasteiger partial charge in [0.1, 0.15) is 5.75 Å². The Labute approximate surface area is 164 Å². The van der Waals surface area contributed by atoms with Gasteiger partial charge in [-0.2, -0.15) is 0 Å². The molecule has 2 rings (SSSR count). The number of hydrogen-bond acceptors (Lipinski definition) is 3. The van der Waals surface area contributed by atoms with Crippen LogP contribution in [0.5, 0.6) is 5.75 Å². The fraction of sp³-hybridized carbons (Fsp3) is 0.417. The molecule has 3 nitrogen and oxygen atoms in total. The maximum Gasteiger partial charge on any atom is 0.118 e. The van der Waals surface area contributed by atoms with Gasteiger partial charge in [0.2, 0.25) is 0 Å². The molecular weight excluding hydrogens is 334 g/mol. The van der Waals surface area contributed by atoms with Gasteiger partial charge in [-0.3, -0.25) is 0 Å². The van der Waals surface area contributed by atoms with Crippen LogP contribution in [0.1, 0.15) is 30.5 Å². The molecular formula is C24H33NO2. The van der Waals surface area contributed by atoms with Gasteiger partial charge in [0.05, 0.1) is 12.7 Å². The summed E-state index contributed by atoms with van der Waals surface area (Å²) in [5.74, 6) is 0.919. The number of aryl methyl sites for hydroxylation is 1. The van der Waals surface area contributed by atoms with Gasteiger partial charge in [0.15, 0.2) is 0 Å². The van der Waals surface area contributed by atoms with Gasteiger partial charge in [-0.25, -0.2) is 0 Å². The van der Waals surface area contributed by atoms with Crippen LogP contribution < -0.4 is 4.74 Å². The molecule has 0 aliphatic rings. The molecule has 2 aromatic carbocycles. The van der Waals surface area contributed by atoms with Gasteiger partial charge >= 0.3 is 0 Å². The van der Waals surface area contributed by atoms with E-state index in [0.717, 1.165) is 23.4 Å². The quantitative estimate of drug-likeness (QED) is 0.741. The first-order valence-corrected chi connectivity index (χ1v) is 9.50. The lowest BCUT2D eigenvalue weighted by molar-refractivity contribution is 0.0148. The molecule has 2 unspecified atom stereocenters. The molecule has 0 saturated carbocycles. The number of nitrogens with zero attached hydrogens (tertiary/aromatic N) is 1. The van der Waals surface area contributed by atoms with E-state index in [4.69, 9.17) is 4.74 Å². The van der Waals surface area contributed by atoms with Crippen molar-refractivity contribution in [2.45, 2.75) is 32.8 Å². The first kappa shape index (κ1) is 21.2. The zero-order valence-electron chi connectivity index (χ0n) is 17.5. The number of aliphatic hydroxyl groups is 1. The van der Waals surface area contributed by atoms with Gasteiger partial charge in [-0.05, 0) is 62.3 Å². The van der Waals surface area contributed by atoms with E-state index in [1.54, 1.807) is 7.11 Å². The summed E-state index contributed by atoms with van der Waals surface area (Å²) in [7, 11) is 5.76. The van der Waals surface area contributed by atoms with E-state index in [9.17, 15) is 5.11 Å². The molecule has 0 aliphatic carbocycles. The maximum atomic E-state index is 11.8. The molecule has 0 aliphatic heterocycles. The predicted molar refractivity (Wildman–Crippen MR) is 114 cm³/mol. The summed E-state index contributed by atoms with van der Waals surface area (Å²) in [6, 6.07) is 16.2. The SMILES string of the molecule is COc1ccc(C=C(C)C(O)(Cc2ccccc2C)C(C)CN(C)C)cc1. The highest BCUT2D eigenvalue weighted by Crippen LogP contribution is 2.33. The summed E-state index contributed by atoms with van der Waals surface area (Å²) in [6.07, 6.45) is 2.69. The lowest BCUT2D eigenvalue weighted by Crippen LogP contribution is -2.44. The van der Waals surface area contributed by atoms with Gasteiger partial charge in [0, 0.05) is 18.9 Å². The van der Waals surface area contributed by atoms with E-state index in [1.807, 2.05) is 57.4 Å². The van der Waals surface area contributed by atoms with Crippen LogP contribution in [0, 0.1) is 12.8 Å². The van der Waals surface area contributed by atoms with Crippen molar-refractivity contribution in [3.8, 4) is 5.75 Å². The number of hydrogen-bond donors (Lipinski definition) is 1. The van der Waals surface area contributed by atoms with Crippen molar-refractivity contribution in [2.24, 2.45) is 5.92 Å². The summed E-state index contributed by atoms with van der Waals surface area (Å²) < 4.78 is 5.24. The first-order valence-electron chi connectivity index (χ1n) is 9.50. The molecule has 0 fully saturated rings. The Morgan fingerprint density at radius 3 is 2.33 bits per heavy atom. The van der Waals surface area contributed by atoms with Gasteiger partial charge in [-0.1, -0.05) is 49.4 Å². The largest absolute Gasteiger partial charge is 0.497 e. The normalized spacial score (nSPS) is 15.5. The highest BCUT2D eigenvalue weighted by molar-refractivity contribution is 5.56. The van der Waals surface area contributed by atoms with Crippen LogP contribution in [-0.4, -0.2) is 43.4 Å². The monoisotopic (exact) mass is 367 g/mol. The summed E-state index contributed by atoms with van der Waals surface area (Å²) in [6.45, 7) is 7.09. The minimum atomic E-state index is -0.920. The standard InChI is InChI=1S/C24H33NO2/c1-18-9-7-8-10-22(18)16-24(26,20(3)17-25(4)5)19(2)15-21-11-13-23(27-6)14-12-21/h7-15,20,26H,16-17H2,1-6H3. The van der Waals surface area contributed by atoms with Crippen molar-refractivity contribution >= 4 is 6.08 Å². The summed E-state index contributed by atoms with van der Waals surface area (Å²) in [5, 5.41) is 11.8. The van der Waals surface area contributed by atoms with Gasteiger partial charge < -0.3 is 14.7 Å². The minimum absolute atomic E-state index is 0.0848. The number of methoxy groups -OCH3 is 1. The molecule has 0 aromatic heterocycles. The lowest BCUT2D eigenvalue weighted by atomic mass is 9.76. The predicted octanol–water partition coefficient (Wildman–Crippen LogP) is 4.58. The Balaban J connectivity index is 2.40. The molecule has 2 atom stereocenters. The van der Waals surface area contributed by atoms with Crippen LogP contribution in [0.2, 0.25) is 0 Å². The van der Waals surface area contributed by atoms with Crippen molar-refractivity contribution in [1.82, 2.24) is 4.90 Å². The average molecular weight is 368 g/mol. The summed E-state index contributed by atoms with van der Waals surface area (Å²) in [5.41, 5.74) is 3.52.